The number of carbonyl (C=O) groups is 3. The molecular formula is C23H31N3O3. The fraction of sp³-hybridized carbons (Fsp3) is 0.609. The van der Waals surface area contributed by atoms with E-state index in [9.17, 15) is 14.4 Å². The highest BCUT2D eigenvalue weighted by atomic mass is 16.2. The van der Waals surface area contributed by atoms with E-state index < -0.39 is 0 Å². The van der Waals surface area contributed by atoms with Crippen molar-refractivity contribution in [2.75, 3.05) is 11.9 Å². The molecule has 6 heteroatoms. The lowest BCUT2D eigenvalue weighted by Crippen LogP contribution is -2.45. The molecular weight excluding hydrogens is 366 g/mol. The van der Waals surface area contributed by atoms with E-state index in [1.165, 1.54) is 6.42 Å². The second-order valence-electron chi connectivity index (χ2n) is 9.10. The molecule has 1 aliphatic heterocycles. The summed E-state index contributed by atoms with van der Waals surface area (Å²) in [5.74, 6) is 0.586. The minimum atomic E-state index is -0.337. The first-order valence-corrected chi connectivity index (χ1v) is 10.9. The van der Waals surface area contributed by atoms with Gasteiger partial charge in [-0.3, -0.25) is 14.4 Å². The fourth-order valence-electron chi connectivity index (χ4n) is 4.70. The second kappa shape index (κ2) is 8.17. The summed E-state index contributed by atoms with van der Waals surface area (Å²) in [6.45, 7) is 4.98. The van der Waals surface area contributed by atoms with E-state index in [1.807, 2.05) is 4.90 Å². The summed E-state index contributed by atoms with van der Waals surface area (Å²) in [4.78, 5) is 39.6. The third-order valence-electron chi connectivity index (χ3n) is 6.90. The second-order valence-corrected chi connectivity index (χ2v) is 9.10. The molecule has 29 heavy (non-hydrogen) atoms. The Kier molecular flexibility index (Phi) is 5.61. The molecule has 156 valence electrons. The van der Waals surface area contributed by atoms with Crippen LogP contribution in [0.1, 0.15) is 62.7 Å². The summed E-state index contributed by atoms with van der Waals surface area (Å²) in [6.07, 6.45) is 5.73. The van der Waals surface area contributed by atoms with Gasteiger partial charge in [-0.15, -0.1) is 0 Å². The maximum atomic E-state index is 12.8. The van der Waals surface area contributed by atoms with Crippen molar-refractivity contribution in [3.8, 4) is 0 Å². The lowest BCUT2D eigenvalue weighted by molar-refractivity contribution is -0.131. The number of amides is 3. The van der Waals surface area contributed by atoms with Crippen LogP contribution in [0.5, 0.6) is 0 Å². The normalized spacial score (nSPS) is 29.6. The number of hydrogen-bond donors (Lipinski definition) is 2. The van der Waals surface area contributed by atoms with E-state index in [0.29, 0.717) is 35.7 Å². The van der Waals surface area contributed by atoms with Crippen LogP contribution in [0.15, 0.2) is 24.3 Å². The van der Waals surface area contributed by atoms with Crippen molar-refractivity contribution in [2.45, 2.75) is 64.5 Å². The van der Waals surface area contributed by atoms with Gasteiger partial charge in [0.2, 0.25) is 11.8 Å². The summed E-state index contributed by atoms with van der Waals surface area (Å²) in [5, 5.41) is 5.87. The molecule has 2 N–H and O–H groups in total. The van der Waals surface area contributed by atoms with Gasteiger partial charge in [-0.2, -0.15) is 0 Å². The molecule has 1 aromatic carbocycles. The summed E-state index contributed by atoms with van der Waals surface area (Å²) in [5.41, 5.74) is 1.15. The van der Waals surface area contributed by atoms with Crippen LogP contribution < -0.4 is 10.6 Å². The number of anilines is 1. The molecule has 2 saturated carbocycles. The topological polar surface area (TPSA) is 78.5 Å². The van der Waals surface area contributed by atoms with Crippen LogP contribution in [0.2, 0.25) is 0 Å². The molecule has 0 radical (unpaired) electrons. The summed E-state index contributed by atoms with van der Waals surface area (Å²) in [6, 6.07) is 7.55. The van der Waals surface area contributed by atoms with Crippen LogP contribution in [0.4, 0.5) is 5.69 Å². The Bertz CT molecular complexity index is 804. The van der Waals surface area contributed by atoms with Gasteiger partial charge in [-0.1, -0.05) is 32.8 Å². The molecule has 6 nitrogen and oxygen atoms in total. The highest BCUT2D eigenvalue weighted by Gasteiger charge is 2.41. The molecule has 1 saturated heterocycles. The number of rotatable bonds is 5. The molecule has 0 spiro atoms. The Balaban J connectivity index is 1.38. The molecule has 0 unspecified atom stereocenters. The average Bonchev–Trinajstić information content (AvgIpc) is 3.43. The van der Waals surface area contributed by atoms with Crippen molar-refractivity contribution in [3.63, 3.8) is 0 Å². The number of hydrogen-bond acceptors (Lipinski definition) is 3. The molecule has 0 aromatic heterocycles. The summed E-state index contributed by atoms with van der Waals surface area (Å²) >= 11 is 0. The van der Waals surface area contributed by atoms with Crippen LogP contribution in [0.25, 0.3) is 0 Å². The van der Waals surface area contributed by atoms with E-state index in [0.717, 1.165) is 25.7 Å². The van der Waals surface area contributed by atoms with Gasteiger partial charge < -0.3 is 15.5 Å². The van der Waals surface area contributed by atoms with E-state index >= 15 is 0 Å². The number of nitrogens with zero attached hydrogens (tertiary/aromatic N) is 1. The Morgan fingerprint density at radius 2 is 1.90 bits per heavy atom. The zero-order valence-corrected chi connectivity index (χ0v) is 17.3. The Hall–Kier alpha value is -2.37. The van der Waals surface area contributed by atoms with E-state index in [-0.39, 0.29) is 36.1 Å². The van der Waals surface area contributed by atoms with Gasteiger partial charge in [0.05, 0.1) is 5.92 Å². The van der Waals surface area contributed by atoms with E-state index in [1.54, 1.807) is 24.3 Å². The van der Waals surface area contributed by atoms with Gasteiger partial charge in [-0.25, -0.2) is 0 Å². The van der Waals surface area contributed by atoms with Gasteiger partial charge in [0.15, 0.2) is 0 Å². The molecule has 2 aliphatic carbocycles. The molecule has 4 rings (SSSR count). The molecule has 1 heterocycles. The SMILES string of the molecule is C[C@H]1[C@H](C)CCC[C@@H]1N1C[C@@H](C(=O)Nc2cccc(C(=O)NC3CC3)c2)CC1=O. The van der Waals surface area contributed by atoms with Crippen LogP contribution in [0.3, 0.4) is 0 Å². The fourth-order valence-corrected chi connectivity index (χ4v) is 4.70. The third kappa shape index (κ3) is 4.46. The van der Waals surface area contributed by atoms with E-state index in [2.05, 4.69) is 24.5 Å². The van der Waals surface area contributed by atoms with Crippen LogP contribution in [-0.4, -0.2) is 41.2 Å². The Morgan fingerprint density at radius 3 is 2.66 bits per heavy atom. The Morgan fingerprint density at radius 1 is 1.10 bits per heavy atom. The monoisotopic (exact) mass is 397 g/mol. The van der Waals surface area contributed by atoms with Gasteiger partial charge in [0, 0.05) is 36.3 Å². The zero-order chi connectivity index (χ0) is 20.5. The van der Waals surface area contributed by atoms with Gasteiger partial charge >= 0.3 is 0 Å². The quantitative estimate of drug-likeness (QED) is 0.801. The molecule has 0 bridgehead atoms. The molecule has 3 aliphatic rings. The highest BCUT2D eigenvalue weighted by molar-refractivity contribution is 5.99. The number of nitrogens with one attached hydrogen (secondary N) is 2. The third-order valence-corrected chi connectivity index (χ3v) is 6.90. The van der Waals surface area contributed by atoms with Crippen molar-refractivity contribution >= 4 is 23.4 Å². The zero-order valence-electron chi connectivity index (χ0n) is 17.3. The maximum Gasteiger partial charge on any atom is 0.251 e. The minimum Gasteiger partial charge on any atom is -0.349 e. The molecule has 4 atom stereocenters. The van der Waals surface area contributed by atoms with Crippen molar-refractivity contribution in [1.29, 1.82) is 0 Å². The number of likely N-dealkylation sites (tertiary alicyclic amines) is 1. The lowest BCUT2D eigenvalue weighted by atomic mass is 9.77. The number of carbonyl (C=O) groups excluding carboxylic acids is 3. The predicted molar refractivity (Wildman–Crippen MR) is 111 cm³/mol. The average molecular weight is 398 g/mol. The first-order chi connectivity index (χ1) is 13.9. The maximum absolute atomic E-state index is 12.8. The van der Waals surface area contributed by atoms with Crippen LogP contribution >= 0.6 is 0 Å². The van der Waals surface area contributed by atoms with Crippen LogP contribution in [-0.2, 0) is 9.59 Å². The minimum absolute atomic E-state index is 0.0914. The van der Waals surface area contributed by atoms with Crippen molar-refractivity contribution in [3.05, 3.63) is 29.8 Å². The molecule has 3 fully saturated rings. The standard InChI is InChI=1S/C23H31N3O3/c1-14-5-3-8-20(15(14)2)26-13-17(12-21(26)27)23(29)25-19-7-4-6-16(11-19)22(28)24-18-9-10-18/h4,6-7,11,14-15,17-18,20H,3,5,8-10,12-13H2,1-2H3,(H,24,28)(H,25,29)/t14-,15+,17+,20+/m1/s1. The lowest BCUT2D eigenvalue weighted by Gasteiger charge is -2.40. The highest BCUT2D eigenvalue weighted by Crippen LogP contribution is 2.36. The van der Waals surface area contributed by atoms with Gasteiger partial charge in [-0.05, 0) is 49.3 Å². The molecule has 3 amide bonds. The summed E-state index contributed by atoms with van der Waals surface area (Å²) < 4.78 is 0. The van der Waals surface area contributed by atoms with Crippen molar-refractivity contribution < 1.29 is 14.4 Å². The Labute approximate surface area is 172 Å². The van der Waals surface area contributed by atoms with Gasteiger partial charge in [0.1, 0.15) is 0 Å². The largest absolute Gasteiger partial charge is 0.349 e. The smallest absolute Gasteiger partial charge is 0.251 e. The van der Waals surface area contributed by atoms with Crippen molar-refractivity contribution in [1.82, 2.24) is 10.2 Å². The van der Waals surface area contributed by atoms with Gasteiger partial charge in [0.25, 0.3) is 5.91 Å². The van der Waals surface area contributed by atoms with Crippen LogP contribution in [0, 0.1) is 17.8 Å². The first-order valence-electron chi connectivity index (χ1n) is 10.9. The number of benzene rings is 1. The first kappa shape index (κ1) is 19.9. The predicted octanol–water partition coefficient (Wildman–Crippen LogP) is 3.19. The molecule has 1 aromatic rings. The van der Waals surface area contributed by atoms with E-state index in [4.69, 9.17) is 0 Å². The van der Waals surface area contributed by atoms with Crippen molar-refractivity contribution in [2.24, 2.45) is 17.8 Å². The summed E-state index contributed by atoms with van der Waals surface area (Å²) in [7, 11) is 0.